The van der Waals surface area contributed by atoms with Gasteiger partial charge in [0.05, 0.1) is 18.0 Å². The molecule has 20 heavy (non-hydrogen) atoms. The molecular weight excluding hydrogens is 268 g/mol. The van der Waals surface area contributed by atoms with Gasteiger partial charge in [-0.25, -0.2) is 0 Å². The first kappa shape index (κ1) is 14.6. The molecule has 3 nitrogen and oxygen atoms in total. The molecule has 0 atom stereocenters. The average Bonchev–Trinajstić information content (AvgIpc) is 2.47. The molecule has 2 rings (SSSR count). The average molecular weight is 286 g/mol. The van der Waals surface area contributed by atoms with E-state index in [4.69, 9.17) is 0 Å². The number of hydrogen-bond donors (Lipinski definition) is 1. The Morgan fingerprint density at radius 1 is 1.20 bits per heavy atom. The third-order valence-corrected chi connectivity index (χ3v) is 4.03. The number of hydrogen-bond acceptors (Lipinski definition) is 3. The van der Waals surface area contributed by atoms with Gasteiger partial charge in [-0.05, 0) is 49.2 Å². The van der Waals surface area contributed by atoms with Crippen molar-refractivity contribution in [1.29, 1.82) is 0 Å². The zero-order valence-corrected chi connectivity index (χ0v) is 12.5. The first-order valence-electron chi connectivity index (χ1n) is 6.52. The Labute approximate surface area is 123 Å². The van der Waals surface area contributed by atoms with E-state index in [1.165, 1.54) is 11.1 Å². The van der Waals surface area contributed by atoms with Crippen LogP contribution in [0, 0.1) is 13.8 Å². The topological polar surface area (TPSA) is 42.0 Å². The highest BCUT2D eigenvalue weighted by molar-refractivity contribution is 8.00. The molecular formula is C16H18N2OS. The summed E-state index contributed by atoms with van der Waals surface area (Å²) in [5, 5.41) is 2.87. The van der Waals surface area contributed by atoms with E-state index in [-0.39, 0.29) is 5.91 Å². The maximum absolute atomic E-state index is 11.8. The fourth-order valence-corrected chi connectivity index (χ4v) is 2.52. The molecule has 1 aromatic heterocycles. The van der Waals surface area contributed by atoms with Crippen molar-refractivity contribution in [3.63, 3.8) is 0 Å². The smallest absolute Gasteiger partial charge is 0.230 e. The molecule has 0 unspecified atom stereocenters. The lowest BCUT2D eigenvalue weighted by molar-refractivity contribution is -0.118. The van der Waals surface area contributed by atoms with Gasteiger partial charge in [0.15, 0.2) is 0 Å². The van der Waals surface area contributed by atoms with Gasteiger partial charge in [-0.1, -0.05) is 12.1 Å². The number of pyridine rings is 1. The Kier molecular flexibility index (Phi) is 5.18. The Bertz CT molecular complexity index is 584. The molecule has 0 aliphatic rings. The molecule has 0 saturated heterocycles. The molecule has 0 aliphatic heterocycles. The molecule has 2 aromatic rings. The first-order valence-corrected chi connectivity index (χ1v) is 7.50. The quantitative estimate of drug-likeness (QED) is 0.859. The fourth-order valence-electron chi connectivity index (χ4n) is 1.70. The van der Waals surface area contributed by atoms with Gasteiger partial charge in [-0.3, -0.25) is 9.78 Å². The summed E-state index contributed by atoms with van der Waals surface area (Å²) in [5.74, 6) is 0.453. The molecule has 1 heterocycles. The molecule has 0 saturated carbocycles. The molecule has 0 radical (unpaired) electrons. The largest absolute Gasteiger partial charge is 0.350 e. The minimum Gasteiger partial charge on any atom is -0.350 e. The highest BCUT2D eigenvalue weighted by Crippen LogP contribution is 2.20. The predicted octanol–water partition coefficient (Wildman–Crippen LogP) is 3.11. The van der Waals surface area contributed by atoms with Crippen molar-refractivity contribution in [2.24, 2.45) is 0 Å². The van der Waals surface area contributed by atoms with Crippen LogP contribution in [0.5, 0.6) is 0 Å². The SMILES string of the molecule is Cc1ccc(SCC(=O)NCc2ccccn2)cc1C. The van der Waals surface area contributed by atoms with E-state index >= 15 is 0 Å². The minimum atomic E-state index is 0.0267. The number of thioether (sulfide) groups is 1. The highest BCUT2D eigenvalue weighted by atomic mass is 32.2. The molecule has 0 bridgehead atoms. The van der Waals surface area contributed by atoms with Crippen molar-refractivity contribution in [1.82, 2.24) is 10.3 Å². The number of aryl methyl sites for hydroxylation is 2. The standard InChI is InChI=1S/C16H18N2OS/c1-12-6-7-15(9-13(12)2)20-11-16(19)18-10-14-5-3-4-8-17-14/h3-9H,10-11H2,1-2H3,(H,18,19). The van der Waals surface area contributed by atoms with Crippen LogP contribution < -0.4 is 5.32 Å². The van der Waals surface area contributed by atoms with Crippen LogP contribution in [0.15, 0.2) is 47.5 Å². The number of nitrogens with zero attached hydrogens (tertiary/aromatic N) is 1. The maximum Gasteiger partial charge on any atom is 0.230 e. The van der Waals surface area contributed by atoms with Crippen LogP contribution in [-0.4, -0.2) is 16.6 Å². The zero-order valence-electron chi connectivity index (χ0n) is 11.7. The van der Waals surface area contributed by atoms with Crippen molar-refractivity contribution in [2.45, 2.75) is 25.3 Å². The van der Waals surface area contributed by atoms with Gasteiger partial charge >= 0.3 is 0 Å². The van der Waals surface area contributed by atoms with E-state index < -0.39 is 0 Å². The molecule has 0 spiro atoms. The lowest BCUT2D eigenvalue weighted by Gasteiger charge is -2.06. The van der Waals surface area contributed by atoms with E-state index in [1.54, 1.807) is 18.0 Å². The third kappa shape index (κ3) is 4.38. The number of amides is 1. The summed E-state index contributed by atoms with van der Waals surface area (Å²) >= 11 is 1.55. The summed E-state index contributed by atoms with van der Waals surface area (Å²) in [4.78, 5) is 17.1. The number of nitrogens with one attached hydrogen (secondary N) is 1. The summed E-state index contributed by atoms with van der Waals surface area (Å²) in [7, 11) is 0. The van der Waals surface area contributed by atoms with Crippen LogP contribution >= 0.6 is 11.8 Å². The number of rotatable bonds is 5. The van der Waals surface area contributed by atoms with Gasteiger partial charge in [0, 0.05) is 11.1 Å². The number of carbonyl (C=O) groups is 1. The van der Waals surface area contributed by atoms with Gasteiger partial charge in [0.25, 0.3) is 0 Å². The summed E-state index contributed by atoms with van der Waals surface area (Å²) in [5.41, 5.74) is 3.40. The molecule has 1 N–H and O–H groups in total. The Morgan fingerprint density at radius 3 is 2.75 bits per heavy atom. The van der Waals surface area contributed by atoms with Gasteiger partial charge in [0.2, 0.25) is 5.91 Å². The summed E-state index contributed by atoms with van der Waals surface area (Å²) in [6.45, 7) is 4.65. The molecule has 0 fully saturated rings. The summed E-state index contributed by atoms with van der Waals surface area (Å²) < 4.78 is 0. The van der Waals surface area contributed by atoms with E-state index in [2.05, 4.69) is 42.3 Å². The van der Waals surface area contributed by atoms with Crippen molar-refractivity contribution in [2.75, 3.05) is 5.75 Å². The van der Waals surface area contributed by atoms with Crippen LogP contribution in [0.2, 0.25) is 0 Å². The van der Waals surface area contributed by atoms with Crippen molar-refractivity contribution in [3.8, 4) is 0 Å². The first-order chi connectivity index (χ1) is 9.65. The normalized spacial score (nSPS) is 10.3. The van der Waals surface area contributed by atoms with Crippen molar-refractivity contribution < 1.29 is 4.79 Å². The molecule has 0 aliphatic carbocycles. The van der Waals surface area contributed by atoms with E-state index in [1.807, 2.05) is 18.2 Å². The number of carbonyl (C=O) groups excluding carboxylic acids is 1. The number of aromatic nitrogens is 1. The lowest BCUT2D eigenvalue weighted by Crippen LogP contribution is -2.24. The molecule has 1 aromatic carbocycles. The van der Waals surface area contributed by atoms with Gasteiger partial charge in [0.1, 0.15) is 0 Å². The summed E-state index contributed by atoms with van der Waals surface area (Å²) in [6.07, 6.45) is 1.73. The second-order valence-electron chi connectivity index (χ2n) is 4.63. The third-order valence-electron chi connectivity index (χ3n) is 3.04. The minimum absolute atomic E-state index is 0.0267. The van der Waals surface area contributed by atoms with Crippen LogP contribution in [0.25, 0.3) is 0 Å². The Balaban J connectivity index is 1.79. The molecule has 1 amide bonds. The van der Waals surface area contributed by atoms with Crippen LogP contribution in [-0.2, 0) is 11.3 Å². The van der Waals surface area contributed by atoms with E-state index in [0.717, 1.165) is 10.6 Å². The second kappa shape index (κ2) is 7.10. The van der Waals surface area contributed by atoms with Gasteiger partial charge in [-0.15, -0.1) is 11.8 Å². The Morgan fingerprint density at radius 2 is 2.05 bits per heavy atom. The van der Waals surface area contributed by atoms with Gasteiger partial charge in [-0.2, -0.15) is 0 Å². The Hall–Kier alpha value is -1.81. The van der Waals surface area contributed by atoms with Gasteiger partial charge < -0.3 is 5.32 Å². The highest BCUT2D eigenvalue weighted by Gasteiger charge is 2.04. The van der Waals surface area contributed by atoms with E-state index in [0.29, 0.717) is 12.3 Å². The van der Waals surface area contributed by atoms with Crippen LogP contribution in [0.1, 0.15) is 16.8 Å². The van der Waals surface area contributed by atoms with Crippen LogP contribution in [0.4, 0.5) is 0 Å². The van der Waals surface area contributed by atoms with E-state index in [9.17, 15) is 4.79 Å². The van der Waals surface area contributed by atoms with Crippen molar-refractivity contribution >= 4 is 17.7 Å². The number of benzene rings is 1. The summed E-state index contributed by atoms with van der Waals surface area (Å²) in [6, 6.07) is 11.9. The molecule has 4 heteroatoms. The van der Waals surface area contributed by atoms with Crippen LogP contribution in [0.3, 0.4) is 0 Å². The monoisotopic (exact) mass is 286 g/mol. The fraction of sp³-hybridized carbons (Fsp3) is 0.250. The maximum atomic E-state index is 11.8. The second-order valence-corrected chi connectivity index (χ2v) is 5.68. The zero-order chi connectivity index (χ0) is 14.4. The predicted molar refractivity (Wildman–Crippen MR) is 82.7 cm³/mol. The van der Waals surface area contributed by atoms with Crippen molar-refractivity contribution in [3.05, 3.63) is 59.4 Å². The molecule has 104 valence electrons. The lowest BCUT2D eigenvalue weighted by atomic mass is 10.1.